The molecule has 140 valence electrons. The SMILES string of the molecule is Cc1cc(=O)c(OCC2=CCCC=C2)c(C(=N)N2CCN(C)CC2)n1C. The van der Waals surface area contributed by atoms with Crippen molar-refractivity contribution in [1.29, 1.82) is 5.41 Å². The van der Waals surface area contributed by atoms with Crippen LogP contribution in [-0.2, 0) is 7.05 Å². The minimum Gasteiger partial charge on any atom is -0.483 e. The van der Waals surface area contributed by atoms with Crippen molar-refractivity contribution in [3.63, 3.8) is 0 Å². The summed E-state index contributed by atoms with van der Waals surface area (Å²) in [6.45, 7) is 5.64. The van der Waals surface area contributed by atoms with Gasteiger partial charge >= 0.3 is 0 Å². The van der Waals surface area contributed by atoms with Crippen molar-refractivity contribution >= 4 is 5.84 Å². The van der Waals surface area contributed by atoms with Gasteiger partial charge in [-0.15, -0.1) is 0 Å². The number of aromatic nitrogens is 1. The molecular weight excluding hydrogens is 328 g/mol. The van der Waals surface area contributed by atoms with E-state index in [9.17, 15) is 4.79 Å². The monoisotopic (exact) mass is 356 g/mol. The Morgan fingerprint density at radius 1 is 1.19 bits per heavy atom. The zero-order valence-corrected chi connectivity index (χ0v) is 15.9. The third kappa shape index (κ3) is 3.90. The molecule has 0 amide bonds. The topological polar surface area (TPSA) is 61.6 Å². The van der Waals surface area contributed by atoms with Gasteiger partial charge in [0.15, 0.2) is 5.75 Å². The zero-order valence-electron chi connectivity index (χ0n) is 15.9. The first kappa shape index (κ1) is 18.5. The van der Waals surface area contributed by atoms with Gasteiger partial charge in [-0.05, 0) is 32.4 Å². The van der Waals surface area contributed by atoms with E-state index in [1.165, 1.54) is 0 Å². The summed E-state index contributed by atoms with van der Waals surface area (Å²) in [5, 5.41) is 8.73. The van der Waals surface area contributed by atoms with Crippen LogP contribution < -0.4 is 10.2 Å². The zero-order chi connectivity index (χ0) is 18.7. The van der Waals surface area contributed by atoms with Crippen LogP contribution in [0.3, 0.4) is 0 Å². The quantitative estimate of drug-likeness (QED) is 0.661. The van der Waals surface area contributed by atoms with Crippen molar-refractivity contribution in [3.8, 4) is 5.75 Å². The first-order chi connectivity index (χ1) is 12.5. The third-order valence-electron chi connectivity index (χ3n) is 5.14. The molecule has 1 aromatic heterocycles. The number of likely N-dealkylation sites (N-methyl/N-ethyl adjacent to an activating group) is 1. The van der Waals surface area contributed by atoms with Crippen LogP contribution in [0.15, 0.2) is 34.7 Å². The summed E-state index contributed by atoms with van der Waals surface area (Å²) in [5.41, 5.74) is 2.32. The molecule has 1 fully saturated rings. The highest BCUT2D eigenvalue weighted by molar-refractivity contribution is 5.97. The van der Waals surface area contributed by atoms with Crippen LogP contribution in [0.5, 0.6) is 5.75 Å². The molecular formula is C20H28N4O2. The Bertz CT molecular complexity index is 799. The number of nitrogens with one attached hydrogen (secondary N) is 1. The number of hydrogen-bond donors (Lipinski definition) is 1. The number of amidine groups is 1. The van der Waals surface area contributed by atoms with Crippen LogP contribution in [0.4, 0.5) is 0 Å². The fourth-order valence-corrected chi connectivity index (χ4v) is 3.31. The van der Waals surface area contributed by atoms with Crippen LogP contribution in [0.25, 0.3) is 0 Å². The second-order valence-corrected chi connectivity index (χ2v) is 7.07. The maximum absolute atomic E-state index is 12.6. The Labute approximate surface area is 154 Å². The number of rotatable bonds is 4. The lowest BCUT2D eigenvalue weighted by Crippen LogP contribution is -2.48. The first-order valence-corrected chi connectivity index (χ1v) is 9.19. The van der Waals surface area contributed by atoms with Gasteiger partial charge in [-0.3, -0.25) is 10.2 Å². The van der Waals surface area contributed by atoms with E-state index in [-0.39, 0.29) is 11.2 Å². The number of hydrogen-bond acceptors (Lipinski definition) is 4. The lowest BCUT2D eigenvalue weighted by Gasteiger charge is -2.35. The summed E-state index contributed by atoms with van der Waals surface area (Å²) >= 11 is 0. The molecule has 1 aliphatic carbocycles. The molecule has 0 radical (unpaired) electrons. The summed E-state index contributed by atoms with van der Waals surface area (Å²) in [5.74, 6) is 0.645. The standard InChI is InChI=1S/C20H28N4O2/c1-15-13-17(25)19(26-14-16-7-5-4-6-8-16)18(23(15)3)20(21)24-11-9-22(2)10-12-24/h5,7-8,13,21H,4,6,9-12,14H2,1-3H3. The summed E-state index contributed by atoms with van der Waals surface area (Å²) in [4.78, 5) is 16.9. The largest absolute Gasteiger partial charge is 0.483 e. The van der Waals surface area contributed by atoms with E-state index in [1.807, 2.05) is 29.5 Å². The molecule has 1 saturated heterocycles. The van der Waals surface area contributed by atoms with Gasteiger partial charge in [0.25, 0.3) is 0 Å². The second kappa shape index (κ2) is 7.91. The van der Waals surface area contributed by atoms with Crippen molar-refractivity contribution < 1.29 is 4.74 Å². The number of allylic oxidation sites excluding steroid dienone is 2. The molecule has 0 unspecified atom stereocenters. The Balaban J connectivity index is 1.89. The maximum atomic E-state index is 12.6. The summed E-state index contributed by atoms with van der Waals surface area (Å²) in [7, 11) is 3.98. The minimum atomic E-state index is -0.158. The number of nitrogens with zero attached hydrogens (tertiary/aromatic N) is 3. The lowest BCUT2D eigenvalue weighted by molar-refractivity contribution is 0.214. The molecule has 26 heavy (non-hydrogen) atoms. The van der Waals surface area contributed by atoms with Gasteiger partial charge in [-0.2, -0.15) is 0 Å². The van der Waals surface area contributed by atoms with E-state index in [1.54, 1.807) is 6.07 Å². The minimum absolute atomic E-state index is 0.158. The van der Waals surface area contributed by atoms with Crippen LogP contribution in [-0.4, -0.2) is 60.0 Å². The summed E-state index contributed by atoms with van der Waals surface area (Å²) < 4.78 is 7.84. The van der Waals surface area contributed by atoms with Gasteiger partial charge in [0.1, 0.15) is 18.1 Å². The molecule has 2 aliphatic rings. The number of aryl methyl sites for hydroxylation is 1. The maximum Gasteiger partial charge on any atom is 0.224 e. The van der Waals surface area contributed by atoms with Crippen LogP contribution in [0, 0.1) is 12.3 Å². The van der Waals surface area contributed by atoms with Gasteiger partial charge in [0.2, 0.25) is 5.43 Å². The molecule has 6 nitrogen and oxygen atoms in total. The van der Waals surface area contributed by atoms with Gasteiger partial charge in [-0.25, -0.2) is 0 Å². The molecule has 6 heteroatoms. The average molecular weight is 356 g/mol. The molecule has 3 rings (SSSR count). The highest BCUT2D eigenvalue weighted by Crippen LogP contribution is 2.20. The fourth-order valence-electron chi connectivity index (χ4n) is 3.31. The van der Waals surface area contributed by atoms with Gasteiger partial charge in [0, 0.05) is 45.0 Å². The van der Waals surface area contributed by atoms with Crippen LogP contribution in [0.2, 0.25) is 0 Å². The molecule has 1 aliphatic heterocycles. The number of piperazine rings is 1. The second-order valence-electron chi connectivity index (χ2n) is 7.07. The van der Waals surface area contributed by atoms with E-state index in [2.05, 4.69) is 24.1 Å². The first-order valence-electron chi connectivity index (χ1n) is 9.19. The van der Waals surface area contributed by atoms with E-state index in [0.29, 0.717) is 18.1 Å². The van der Waals surface area contributed by atoms with Crippen LogP contribution >= 0.6 is 0 Å². The Morgan fingerprint density at radius 2 is 1.92 bits per heavy atom. The molecule has 0 spiro atoms. The Kier molecular flexibility index (Phi) is 5.61. The Hall–Kier alpha value is -2.34. The summed E-state index contributed by atoms with van der Waals surface area (Å²) in [6, 6.07) is 1.58. The smallest absolute Gasteiger partial charge is 0.224 e. The molecule has 0 atom stereocenters. The average Bonchev–Trinajstić information content (AvgIpc) is 2.64. The molecule has 0 bridgehead atoms. The normalized spacial score (nSPS) is 18.0. The lowest BCUT2D eigenvalue weighted by atomic mass is 10.1. The number of pyridine rings is 1. The highest BCUT2D eigenvalue weighted by Gasteiger charge is 2.24. The molecule has 0 aromatic carbocycles. The fraction of sp³-hybridized carbons (Fsp3) is 0.500. The van der Waals surface area contributed by atoms with Gasteiger partial charge in [-0.1, -0.05) is 18.2 Å². The van der Waals surface area contributed by atoms with Crippen molar-refractivity contribution in [2.24, 2.45) is 7.05 Å². The van der Waals surface area contributed by atoms with E-state index in [0.717, 1.165) is 50.3 Å². The van der Waals surface area contributed by atoms with Crippen molar-refractivity contribution in [3.05, 3.63) is 51.5 Å². The number of ether oxygens (including phenoxy) is 1. The van der Waals surface area contributed by atoms with E-state index in [4.69, 9.17) is 10.1 Å². The molecule has 0 saturated carbocycles. The predicted molar refractivity (Wildman–Crippen MR) is 104 cm³/mol. The van der Waals surface area contributed by atoms with Crippen molar-refractivity contribution in [2.75, 3.05) is 39.8 Å². The molecule has 1 N–H and O–H groups in total. The van der Waals surface area contributed by atoms with Crippen molar-refractivity contribution in [1.82, 2.24) is 14.4 Å². The Morgan fingerprint density at radius 3 is 2.58 bits per heavy atom. The third-order valence-corrected chi connectivity index (χ3v) is 5.14. The van der Waals surface area contributed by atoms with Crippen molar-refractivity contribution in [2.45, 2.75) is 19.8 Å². The van der Waals surface area contributed by atoms with E-state index >= 15 is 0 Å². The van der Waals surface area contributed by atoms with Gasteiger partial charge in [0.05, 0.1) is 0 Å². The van der Waals surface area contributed by atoms with Gasteiger partial charge < -0.3 is 19.1 Å². The predicted octanol–water partition coefficient (Wildman–Crippen LogP) is 1.92. The molecule has 2 heterocycles. The van der Waals surface area contributed by atoms with Crippen LogP contribution in [0.1, 0.15) is 24.2 Å². The summed E-state index contributed by atoms with van der Waals surface area (Å²) in [6.07, 6.45) is 8.37. The highest BCUT2D eigenvalue weighted by atomic mass is 16.5. The van der Waals surface area contributed by atoms with E-state index < -0.39 is 0 Å². The molecule has 1 aromatic rings.